The van der Waals surface area contributed by atoms with Crippen molar-refractivity contribution in [2.24, 2.45) is 5.73 Å². The van der Waals surface area contributed by atoms with Crippen molar-refractivity contribution in [1.82, 2.24) is 10.6 Å². The molecule has 9 heteroatoms. The Morgan fingerprint density at radius 2 is 1.92 bits per heavy atom. The van der Waals surface area contributed by atoms with Crippen molar-refractivity contribution in [3.8, 4) is 0 Å². The van der Waals surface area contributed by atoms with Crippen LogP contribution in [-0.4, -0.2) is 45.2 Å². The Bertz CT molecular complexity index is 707. The van der Waals surface area contributed by atoms with Gasteiger partial charge in [0.05, 0.1) is 5.37 Å². The topological polar surface area (TPSA) is 142 Å². The molecular formula is C16H19N3O5S. The van der Waals surface area contributed by atoms with Crippen LogP contribution in [0.3, 0.4) is 0 Å². The number of thioether (sulfide) groups is 1. The second-order valence-electron chi connectivity index (χ2n) is 5.55. The lowest BCUT2D eigenvalue weighted by molar-refractivity contribution is -0.142. The average molecular weight is 365 g/mol. The Morgan fingerprint density at radius 1 is 1.28 bits per heavy atom. The van der Waals surface area contributed by atoms with Gasteiger partial charge in [-0.2, -0.15) is 0 Å². The third kappa shape index (κ3) is 4.52. The third-order valence-corrected chi connectivity index (χ3v) is 5.07. The molecule has 3 atom stereocenters. The number of carbonyl (C=O) groups excluding carboxylic acids is 1. The summed E-state index contributed by atoms with van der Waals surface area (Å²) in [7, 11) is 0. The van der Waals surface area contributed by atoms with Gasteiger partial charge in [-0.3, -0.25) is 4.79 Å². The highest BCUT2D eigenvalue weighted by molar-refractivity contribution is 8.00. The first-order valence-electron chi connectivity index (χ1n) is 7.46. The third-order valence-electron chi connectivity index (χ3n) is 3.70. The van der Waals surface area contributed by atoms with Crippen LogP contribution in [0.5, 0.6) is 0 Å². The number of nitrogens with one attached hydrogen (secondary N) is 2. The second kappa shape index (κ2) is 8.04. The largest absolute Gasteiger partial charge is 0.479 e. The highest BCUT2D eigenvalue weighted by atomic mass is 32.2. The van der Waals surface area contributed by atoms with E-state index in [1.165, 1.54) is 11.8 Å². The van der Waals surface area contributed by atoms with Crippen LogP contribution in [0.15, 0.2) is 41.6 Å². The van der Waals surface area contributed by atoms with Crippen LogP contribution in [0.25, 0.3) is 0 Å². The molecular weight excluding hydrogens is 346 g/mol. The molecule has 134 valence electrons. The predicted molar refractivity (Wildman–Crippen MR) is 92.7 cm³/mol. The first kappa shape index (κ1) is 18.8. The van der Waals surface area contributed by atoms with Crippen molar-refractivity contribution in [1.29, 1.82) is 0 Å². The summed E-state index contributed by atoms with van der Waals surface area (Å²) in [5.41, 5.74) is 7.01. The zero-order valence-electron chi connectivity index (χ0n) is 13.4. The maximum atomic E-state index is 12.4. The smallest absolute Gasteiger partial charge is 0.351 e. The van der Waals surface area contributed by atoms with Gasteiger partial charge in [0, 0.05) is 5.75 Å². The number of nitrogens with two attached hydrogens (primary N) is 1. The van der Waals surface area contributed by atoms with E-state index in [1.54, 1.807) is 37.3 Å². The van der Waals surface area contributed by atoms with E-state index < -0.39 is 35.3 Å². The van der Waals surface area contributed by atoms with Crippen LogP contribution >= 0.6 is 11.8 Å². The lowest BCUT2D eigenvalue weighted by Gasteiger charge is -2.30. The number of amides is 1. The first-order valence-corrected chi connectivity index (χ1v) is 8.51. The molecule has 0 spiro atoms. The Morgan fingerprint density at radius 3 is 2.48 bits per heavy atom. The van der Waals surface area contributed by atoms with Gasteiger partial charge in [-0.15, -0.1) is 11.8 Å². The fraction of sp³-hybridized carbons (Fsp3) is 0.312. The van der Waals surface area contributed by atoms with Crippen molar-refractivity contribution in [3.63, 3.8) is 0 Å². The molecule has 1 aliphatic rings. The van der Waals surface area contributed by atoms with Crippen LogP contribution in [-0.2, 0) is 14.4 Å². The molecule has 1 heterocycles. The lowest BCUT2D eigenvalue weighted by atomic mass is 10.1. The number of hydrogen-bond donors (Lipinski definition) is 5. The van der Waals surface area contributed by atoms with Gasteiger partial charge in [-0.1, -0.05) is 30.3 Å². The Hall–Kier alpha value is -2.52. The summed E-state index contributed by atoms with van der Waals surface area (Å²) in [6.45, 7) is 1.68. The quantitative estimate of drug-likeness (QED) is 0.484. The number of carboxylic acid groups (broad SMARTS) is 2. The maximum Gasteiger partial charge on any atom is 0.351 e. The second-order valence-corrected chi connectivity index (χ2v) is 6.68. The molecule has 1 aliphatic heterocycles. The zero-order chi connectivity index (χ0) is 18.6. The van der Waals surface area contributed by atoms with Gasteiger partial charge < -0.3 is 26.6 Å². The molecule has 1 aromatic carbocycles. The molecule has 0 bridgehead atoms. The minimum absolute atomic E-state index is 0.0184. The number of carboxylic acids is 2. The van der Waals surface area contributed by atoms with E-state index in [9.17, 15) is 19.5 Å². The van der Waals surface area contributed by atoms with E-state index in [1.807, 2.05) is 0 Å². The van der Waals surface area contributed by atoms with Crippen LogP contribution in [0.1, 0.15) is 18.5 Å². The minimum Gasteiger partial charge on any atom is -0.479 e. The Kier molecular flexibility index (Phi) is 6.05. The average Bonchev–Trinajstić information content (AvgIpc) is 2.59. The van der Waals surface area contributed by atoms with Crippen LogP contribution in [0.2, 0.25) is 0 Å². The molecule has 25 heavy (non-hydrogen) atoms. The molecule has 0 unspecified atom stereocenters. The summed E-state index contributed by atoms with van der Waals surface area (Å²) < 4.78 is 0. The molecule has 0 saturated heterocycles. The minimum atomic E-state index is -1.23. The predicted octanol–water partition coefficient (Wildman–Crippen LogP) is 0.277. The SMILES string of the molecule is CC1=C(C(=O)O)N[C@@H]([C@H](N)C(=O)N[C@@H](C(=O)O)c2ccccc2)SC1. The van der Waals surface area contributed by atoms with E-state index in [4.69, 9.17) is 10.8 Å². The van der Waals surface area contributed by atoms with E-state index >= 15 is 0 Å². The summed E-state index contributed by atoms with van der Waals surface area (Å²) in [5.74, 6) is -2.59. The number of carbonyl (C=O) groups is 3. The monoisotopic (exact) mass is 365 g/mol. The standard InChI is InChI=1S/C16H19N3O5S/c1-8-7-25-14(19-11(8)15(21)22)10(17)13(20)18-12(16(23)24)9-5-3-2-4-6-9/h2-6,10,12,14,19H,7,17H2,1H3,(H,18,20)(H,21,22)(H,23,24)/t10-,12-,14-/m1/s1. The summed E-state index contributed by atoms with van der Waals surface area (Å²) >= 11 is 1.29. The van der Waals surface area contributed by atoms with Crippen molar-refractivity contribution in [2.75, 3.05) is 5.75 Å². The summed E-state index contributed by atoms with van der Waals surface area (Å²) in [5, 5.41) is 23.0. The summed E-state index contributed by atoms with van der Waals surface area (Å²) in [6, 6.07) is 5.91. The molecule has 8 nitrogen and oxygen atoms in total. The zero-order valence-corrected chi connectivity index (χ0v) is 14.2. The van der Waals surface area contributed by atoms with Crippen molar-refractivity contribution < 1.29 is 24.6 Å². The van der Waals surface area contributed by atoms with Crippen molar-refractivity contribution in [2.45, 2.75) is 24.4 Å². The van der Waals surface area contributed by atoms with Crippen LogP contribution < -0.4 is 16.4 Å². The number of benzene rings is 1. The fourth-order valence-electron chi connectivity index (χ4n) is 2.34. The molecule has 0 saturated carbocycles. The highest BCUT2D eigenvalue weighted by Gasteiger charge is 2.33. The van der Waals surface area contributed by atoms with E-state index in [0.717, 1.165) is 0 Å². The Balaban J connectivity index is 2.09. The van der Waals surface area contributed by atoms with E-state index in [2.05, 4.69) is 10.6 Å². The number of aliphatic carboxylic acids is 2. The van der Waals surface area contributed by atoms with Gasteiger partial charge in [0.15, 0.2) is 6.04 Å². The van der Waals surface area contributed by atoms with Gasteiger partial charge >= 0.3 is 11.9 Å². The van der Waals surface area contributed by atoms with Gasteiger partial charge in [-0.25, -0.2) is 9.59 Å². The van der Waals surface area contributed by atoms with Crippen molar-refractivity contribution in [3.05, 3.63) is 47.2 Å². The van der Waals surface area contributed by atoms with Crippen LogP contribution in [0.4, 0.5) is 0 Å². The number of rotatable bonds is 6. The van der Waals surface area contributed by atoms with E-state index in [0.29, 0.717) is 16.9 Å². The molecule has 0 fully saturated rings. The molecule has 0 aromatic heterocycles. The Labute approximate surface area is 148 Å². The van der Waals surface area contributed by atoms with Crippen LogP contribution in [0, 0.1) is 0 Å². The lowest BCUT2D eigenvalue weighted by Crippen LogP contribution is -2.55. The molecule has 6 N–H and O–H groups in total. The molecule has 1 aromatic rings. The summed E-state index contributed by atoms with van der Waals surface area (Å²) in [4.78, 5) is 35.0. The summed E-state index contributed by atoms with van der Waals surface area (Å²) in [6.07, 6.45) is 0. The molecule has 1 amide bonds. The van der Waals surface area contributed by atoms with E-state index in [-0.39, 0.29) is 5.70 Å². The maximum absolute atomic E-state index is 12.4. The molecule has 0 radical (unpaired) electrons. The molecule has 0 aliphatic carbocycles. The van der Waals surface area contributed by atoms with Gasteiger partial charge in [0.25, 0.3) is 0 Å². The first-order chi connectivity index (χ1) is 11.8. The van der Waals surface area contributed by atoms with Gasteiger partial charge in [0.1, 0.15) is 11.7 Å². The fourth-order valence-corrected chi connectivity index (χ4v) is 3.45. The van der Waals surface area contributed by atoms with Gasteiger partial charge in [0.2, 0.25) is 5.91 Å². The normalized spacial score (nSPS) is 19.5. The van der Waals surface area contributed by atoms with Crippen molar-refractivity contribution >= 4 is 29.6 Å². The number of hydrogen-bond acceptors (Lipinski definition) is 6. The highest BCUT2D eigenvalue weighted by Crippen LogP contribution is 2.24. The molecule has 2 rings (SSSR count). The van der Waals surface area contributed by atoms with Gasteiger partial charge in [-0.05, 0) is 18.1 Å².